The summed E-state index contributed by atoms with van der Waals surface area (Å²) >= 11 is 0. The molecule has 1 aliphatic heterocycles. The van der Waals surface area contributed by atoms with Crippen molar-refractivity contribution in [3.05, 3.63) is 54.2 Å². The van der Waals surface area contributed by atoms with E-state index in [2.05, 4.69) is 27.0 Å². The fraction of sp³-hybridized carbons (Fsp3) is 0.381. The first-order chi connectivity index (χ1) is 15.2. The second-order valence-electron chi connectivity index (χ2n) is 8.16. The summed E-state index contributed by atoms with van der Waals surface area (Å²) < 4.78 is 46.9. The van der Waals surface area contributed by atoms with Gasteiger partial charge < -0.3 is 15.0 Å². The molecular formula is C21H21FN6O. The van der Waals surface area contributed by atoms with Crippen molar-refractivity contribution < 1.29 is 13.2 Å². The summed E-state index contributed by atoms with van der Waals surface area (Å²) in [5.41, 5.74) is 0.950. The molecule has 0 saturated heterocycles. The van der Waals surface area contributed by atoms with E-state index in [-0.39, 0.29) is 17.2 Å². The van der Waals surface area contributed by atoms with E-state index in [4.69, 9.17) is 8.85 Å². The molecule has 2 fully saturated rings. The first kappa shape index (κ1) is 13.9. The van der Waals surface area contributed by atoms with Gasteiger partial charge in [-0.25, -0.2) is 18.9 Å². The molecule has 1 N–H and O–H groups in total. The Morgan fingerprint density at radius 1 is 1.31 bits per heavy atom. The highest BCUT2D eigenvalue weighted by atomic mass is 19.1. The Kier molecular flexibility index (Phi) is 2.62. The van der Waals surface area contributed by atoms with Crippen molar-refractivity contribution >= 4 is 17.2 Å². The highest BCUT2D eigenvalue weighted by Gasteiger charge is 2.52. The number of anilines is 1. The molecule has 0 radical (unpaired) electrons. The van der Waals surface area contributed by atoms with Gasteiger partial charge in [-0.2, -0.15) is 5.10 Å². The van der Waals surface area contributed by atoms with E-state index in [1.807, 2.05) is 0 Å². The molecule has 7 nitrogen and oxygen atoms in total. The van der Waals surface area contributed by atoms with Crippen molar-refractivity contribution in [3.63, 3.8) is 0 Å². The predicted molar refractivity (Wildman–Crippen MR) is 106 cm³/mol. The maximum absolute atomic E-state index is 14.3. The topological polar surface area (TPSA) is 67.6 Å². The first-order valence-corrected chi connectivity index (χ1v) is 9.62. The van der Waals surface area contributed by atoms with Crippen LogP contribution in [0.1, 0.15) is 40.9 Å². The minimum absolute atomic E-state index is 0.250. The quantitative estimate of drug-likeness (QED) is 0.631. The molecule has 3 aromatic rings. The van der Waals surface area contributed by atoms with Crippen LogP contribution in [0.5, 0.6) is 5.88 Å². The van der Waals surface area contributed by atoms with Gasteiger partial charge in [-0.1, -0.05) is 6.58 Å². The number of rotatable bonds is 0. The molecule has 0 aromatic carbocycles. The summed E-state index contributed by atoms with van der Waals surface area (Å²) in [6, 6.07) is 2.95. The standard InChI is InChI=1S/C21H21FN6O/c1-13-15-11-24-28-8-3-17(25-18(15)28)27(2)21(6-7-21)16-9-14(22)10-23-19(16)29-12-20(26-13)4-5-20/h3,8-11,26H,1,4-7,12H2,2H3/i2D3. The molecule has 3 aromatic heterocycles. The van der Waals surface area contributed by atoms with Crippen molar-refractivity contribution in [1.82, 2.24) is 24.9 Å². The molecule has 2 bridgehead atoms. The highest BCUT2D eigenvalue weighted by Crippen LogP contribution is 2.54. The van der Waals surface area contributed by atoms with Gasteiger partial charge in [-0.15, -0.1) is 0 Å². The maximum Gasteiger partial charge on any atom is 0.219 e. The maximum atomic E-state index is 14.3. The molecular weight excluding hydrogens is 371 g/mol. The lowest BCUT2D eigenvalue weighted by Gasteiger charge is -2.30. The van der Waals surface area contributed by atoms with E-state index in [1.54, 1.807) is 23.0 Å². The Hall–Kier alpha value is -3.16. The van der Waals surface area contributed by atoms with Gasteiger partial charge >= 0.3 is 0 Å². The number of ether oxygens (including phenoxy) is 1. The van der Waals surface area contributed by atoms with Crippen LogP contribution in [0.4, 0.5) is 10.2 Å². The molecule has 2 aliphatic carbocycles. The molecule has 148 valence electrons. The second-order valence-corrected chi connectivity index (χ2v) is 8.16. The van der Waals surface area contributed by atoms with Gasteiger partial charge in [0, 0.05) is 28.5 Å². The van der Waals surface area contributed by atoms with Crippen molar-refractivity contribution in [2.45, 2.75) is 36.8 Å². The molecule has 8 heteroatoms. The summed E-state index contributed by atoms with van der Waals surface area (Å²) in [7, 11) is 0. The van der Waals surface area contributed by atoms with Crippen molar-refractivity contribution in [3.8, 4) is 5.88 Å². The number of aromatic nitrogens is 4. The Bertz CT molecular complexity index is 1260. The monoisotopic (exact) mass is 395 g/mol. The van der Waals surface area contributed by atoms with Crippen LogP contribution >= 0.6 is 0 Å². The third-order valence-corrected chi connectivity index (χ3v) is 6.13. The van der Waals surface area contributed by atoms with Gasteiger partial charge in [-0.05, 0) is 37.8 Å². The normalized spacial score (nSPS) is 23.1. The number of nitrogens with zero attached hydrogens (tertiary/aromatic N) is 5. The molecule has 29 heavy (non-hydrogen) atoms. The van der Waals surface area contributed by atoms with E-state index < -0.39 is 18.3 Å². The number of halogens is 1. The molecule has 0 atom stereocenters. The van der Waals surface area contributed by atoms with E-state index in [0.717, 1.165) is 19.0 Å². The zero-order chi connectivity index (χ0) is 22.3. The van der Waals surface area contributed by atoms with Gasteiger partial charge in [0.1, 0.15) is 18.2 Å². The minimum atomic E-state index is -2.53. The minimum Gasteiger partial charge on any atom is -0.475 e. The lowest BCUT2D eigenvalue weighted by atomic mass is 10.0. The molecule has 2 spiro atoms. The van der Waals surface area contributed by atoms with E-state index in [1.165, 1.54) is 11.0 Å². The van der Waals surface area contributed by atoms with Crippen LogP contribution in [-0.2, 0) is 5.54 Å². The molecule has 2 saturated carbocycles. The molecule has 4 heterocycles. The fourth-order valence-electron chi connectivity index (χ4n) is 4.07. The second kappa shape index (κ2) is 5.46. The van der Waals surface area contributed by atoms with Crippen LogP contribution in [0.15, 0.2) is 37.3 Å². The zero-order valence-corrected chi connectivity index (χ0v) is 15.7. The number of hydrogen-bond donors (Lipinski definition) is 1. The highest BCUT2D eigenvalue weighted by molar-refractivity contribution is 5.74. The van der Waals surface area contributed by atoms with Crippen LogP contribution in [0.25, 0.3) is 11.3 Å². The van der Waals surface area contributed by atoms with Crippen LogP contribution < -0.4 is 15.0 Å². The number of nitrogens with one attached hydrogen (secondary N) is 1. The predicted octanol–water partition coefficient (Wildman–Crippen LogP) is 2.87. The lowest BCUT2D eigenvalue weighted by molar-refractivity contribution is 0.251. The van der Waals surface area contributed by atoms with Crippen molar-refractivity contribution in [2.24, 2.45) is 0 Å². The Labute approximate surface area is 171 Å². The van der Waals surface area contributed by atoms with Gasteiger partial charge in [0.25, 0.3) is 0 Å². The average Bonchev–Trinajstić information content (AvgIpc) is 3.64. The fourth-order valence-corrected chi connectivity index (χ4v) is 4.07. The van der Waals surface area contributed by atoms with E-state index >= 15 is 0 Å². The Morgan fingerprint density at radius 2 is 2.17 bits per heavy atom. The SMILES string of the molecule is [2H]C([2H])([2H])N1c2ccn3ncc(c3n2)C(=C)NC2(CC2)COc2ncc(F)cc2C12CC2. The van der Waals surface area contributed by atoms with Crippen molar-refractivity contribution in [1.29, 1.82) is 0 Å². The third kappa shape index (κ3) is 2.44. The number of fused-ring (bicyclic) bond motifs is 3. The summed E-state index contributed by atoms with van der Waals surface area (Å²) in [5.74, 6) is -0.0390. The average molecular weight is 395 g/mol. The zero-order valence-electron chi connectivity index (χ0n) is 18.7. The Balaban J connectivity index is 1.61. The largest absolute Gasteiger partial charge is 0.475 e. The summed E-state index contributed by atoms with van der Waals surface area (Å²) in [6.07, 6.45) is 7.23. The van der Waals surface area contributed by atoms with E-state index in [9.17, 15) is 4.39 Å². The van der Waals surface area contributed by atoms with Crippen LogP contribution in [0.3, 0.4) is 0 Å². The van der Waals surface area contributed by atoms with Gasteiger partial charge in [0.05, 0.1) is 29.0 Å². The van der Waals surface area contributed by atoms with Crippen molar-refractivity contribution in [2.75, 3.05) is 18.5 Å². The number of hydrogen-bond acceptors (Lipinski definition) is 6. The van der Waals surface area contributed by atoms with Crippen LogP contribution in [0, 0.1) is 5.82 Å². The summed E-state index contributed by atoms with van der Waals surface area (Å²) in [5, 5.41) is 7.78. The van der Waals surface area contributed by atoms with Crippen LogP contribution in [-0.4, -0.2) is 38.7 Å². The Morgan fingerprint density at radius 3 is 2.93 bits per heavy atom. The first-order valence-electron chi connectivity index (χ1n) is 11.1. The molecule has 0 unspecified atom stereocenters. The molecule has 0 amide bonds. The smallest absolute Gasteiger partial charge is 0.219 e. The molecule has 6 rings (SSSR count). The molecule has 3 aliphatic rings. The van der Waals surface area contributed by atoms with Gasteiger partial charge in [0.2, 0.25) is 5.88 Å². The van der Waals surface area contributed by atoms with E-state index in [0.29, 0.717) is 41.9 Å². The van der Waals surface area contributed by atoms with Gasteiger partial charge in [-0.3, -0.25) is 0 Å². The van der Waals surface area contributed by atoms with Crippen LogP contribution in [0.2, 0.25) is 0 Å². The summed E-state index contributed by atoms with van der Waals surface area (Å²) in [4.78, 5) is 10.2. The summed E-state index contributed by atoms with van der Waals surface area (Å²) in [6.45, 7) is 1.94. The van der Waals surface area contributed by atoms with Gasteiger partial charge in [0.15, 0.2) is 5.65 Å². The third-order valence-electron chi connectivity index (χ3n) is 6.13. The number of pyridine rings is 1. The lowest BCUT2D eigenvalue weighted by Crippen LogP contribution is -2.36.